The second kappa shape index (κ2) is 6.08. The predicted molar refractivity (Wildman–Crippen MR) is 77.1 cm³/mol. The minimum absolute atomic E-state index is 0.178. The first-order valence-electron chi connectivity index (χ1n) is 5.96. The van der Waals surface area contributed by atoms with Crippen LogP contribution in [-0.4, -0.2) is 13.1 Å². The number of hydrogen-bond acceptors (Lipinski definition) is 1. The zero-order valence-electron chi connectivity index (χ0n) is 11.0. The molecule has 0 saturated carbocycles. The van der Waals surface area contributed by atoms with Crippen molar-refractivity contribution in [1.29, 1.82) is 0 Å². The van der Waals surface area contributed by atoms with E-state index in [1.807, 2.05) is 25.2 Å². The topological polar surface area (TPSA) is 12.0 Å². The van der Waals surface area contributed by atoms with Gasteiger partial charge in [0.05, 0.1) is 0 Å². The maximum Gasteiger partial charge on any atom is 0.0453 e. The maximum atomic E-state index is 6.21. The van der Waals surface area contributed by atoms with Gasteiger partial charge < -0.3 is 5.32 Å². The van der Waals surface area contributed by atoms with E-state index in [-0.39, 0.29) is 5.41 Å². The van der Waals surface area contributed by atoms with Gasteiger partial charge >= 0.3 is 0 Å². The van der Waals surface area contributed by atoms with E-state index in [1.54, 1.807) is 0 Å². The first-order chi connectivity index (χ1) is 7.85. The van der Waals surface area contributed by atoms with E-state index >= 15 is 0 Å². The van der Waals surface area contributed by atoms with Gasteiger partial charge in [0.2, 0.25) is 0 Å². The van der Waals surface area contributed by atoms with Crippen molar-refractivity contribution < 1.29 is 0 Å². The third kappa shape index (κ3) is 4.50. The van der Waals surface area contributed by atoms with Gasteiger partial charge in [0, 0.05) is 16.1 Å². The van der Waals surface area contributed by atoms with Crippen LogP contribution in [0.25, 0.3) is 0 Å². The van der Waals surface area contributed by atoms with E-state index in [1.165, 1.54) is 0 Å². The van der Waals surface area contributed by atoms with Crippen LogP contribution in [0.5, 0.6) is 0 Å². The van der Waals surface area contributed by atoms with Crippen molar-refractivity contribution in [3.63, 3.8) is 0 Å². The number of halogens is 2. The molecule has 1 aromatic rings. The largest absolute Gasteiger partial charge is 0.317 e. The molecule has 0 aliphatic carbocycles. The molecule has 0 aromatic heterocycles. The van der Waals surface area contributed by atoms with Crippen LogP contribution < -0.4 is 5.32 Å². The van der Waals surface area contributed by atoms with E-state index in [4.69, 9.17) is 23.2 Å². The van der Waals surface area contributed by atoms with Crippen molar-refractivity contribution in [2.24, 2.45) is 5.41 Å². The van der Waals surface area contributed by atoms with E-state index in [0.717, 1.165) is 28.5 Å². The van der Waals surface area contributed by atoms with E-state index < -0.39 is 0 Å². The van der Waals surface area contributed by atoms with Crippen LogP contribution in [0.4, 0.5) is 0 Å². The number of hydrogen-bond donors (Lipinski definition) is 1. The Morgan fingerprint density at radius 3 is 2.24 bits per heavy atom. The van der Waals surface area contributed by atoms with Crippen LogP contribution in [0.2, 0.25) is 10.0 Å². The summed E-state index contributed by atoms with van der Waals surface area (Å²) in [6.07, 6.45) is 1.99. The molecule has 1 N–H and O–H groups in total. The number of rotatable bonds is 5. The Labute approximate surface area is 115 Å². The fourth-order valence-corrected chi connectivity index (χ4v) is 2.71. The van der Waals surface area contributed by atoms with Crippen LogP contribution in [0, 0.1) is 5.41 Å². The van der Waals surface area contributed by atoms with Crippen molar-refractivity contribution in [3.8, 4) is 0 Å². The van der Waals surface area contributed by atoms with Crippen LogP contribution in [0.3, 0.4) is 0 Å². The van der Waals surface area contributed by atoms with Gasteiger partial charge in [0.15, 0.2) is 0 Å². The molecule has 1 atom stereocenters. The first kappa shape index (κ1) is 14.8. The molecule has 0 fully saturated rings. The molecule has 1 aromatic carbocycles. The van der Waals surface area contributed by atoms with Gasteiger partial charge in [0.25, 0.3) is 0 Å². The Morgan fingerprint density at radius 1 is 1.24 bits per heavy atom. The Bertz CT molecular complexity index is 354. The van der Waals surface area contributed by atoms with Gasteiger partial charge in [-0.05, 0) is 49.9 Å². The summed E-state index contributed by atoms with van der Waals surface area (Å²) in [5.74, 6) is 0. The average Bonchev–Trinajstić information content (AvgIpc) is 2.23. The highest BCUT2D eigenvalue weighted by Gasteiger charge is 2.23. The summed E-state index contributed by atoms with van der Waals surface area (Å²) < 4.78 is 0. The summed E-state index contributed by atoms with van der Waals surface area (Å²) in [5.41, 5.74) is 1.24. The van der Waals surface area contributed by atoms with Gasteiger partial charge in [-0.15, -0.1) is 0 Å². The summed E-state index contributed by atoms with van der Waals surface area (Å²) in [5, 5.41) is 4.80. The van der Waals surface area contributed by atoms with E-state index in [9.17, 15) is 0 Å². The fraction of sp³-hybridized carbons (Fsp3) is 0.571. The molecule has 0 aliphatic rings. The smallest absolute Gasteiger partial charge is 0.0453 e. The monoisotopic (exact) mass is 273 g/mol. The molecule has 96 valence electrons. The summed E-state index contributed by atoms with van der Waals surface area (Å²) in [6.45, 7) is 6.69. The van der Waals surface area contributed by atoms with Crippen LogP contribution in [0.1, 0.15) is 32.8 Å². The molecular formula is C14H21Cl2N. The zero-order valence-corrected chi connectivity index (χ0v) is 12.5. The highest BCUT2D eigenvalue weighted by atomic mass is 35.5. The molecule has 17 heavy (non-hydrogen) atoms. The van der Waals surface area contributed by atoms with Crippen LogP contribution >= 0.6 is 23.2 Å². The molecule has 0 spiro atoms. The summed E-state index contributed by atoms with van der Waals surface area (Å²) >= 11 is 12.4. The molecule has 1 nitrogen and oxygen atoms in total. The third-order valence-corrected chi connectivity index (χ3v) is 3.78. The average molecular weight is 274 g/mol. The molecule has 3 heteroatoms. The molecule has 0 radical (unpaired) electrons. The lowest BCUT2D eigenvalue weighted by Crippen LogP contribution is -2.29. The van der Waals surface area contributed by atoms with Crippen LogP contribution in [-0.2, 0) is 6.42 Å². The quantitative estimate of drug-likeness (QED) is 0.830. The van der Waals surface area contributed by atoms with Gasteiger partial charge in [-0.25, -0.2) is 0 Å². The third-order valence-electron chi connectivity index (χ3n) is 3.07. The zero-order chi connectivity index (χ0) is 13.1. The highest BCUT2D eigenvalue weighted by molar-refractivity contribution is 6.35. The molecule has 0 amide bonds. The molecule has 0 aliphatic heterocycles. The molecule has 0 saturated heterocycles. The van der Waals surface area contributed by atoms with E-state index in [0.29, 0.717) is 6.04 Å². The Balaban J connectivity index is 2.82. The minimum Gasteiger partial charge on any atom is -0.317 e. The predicted octanol–water partition coefficient (Wildman–Crippen LogP) is 4.56. The second-order valence-electron chi connectivity index (χ2n) is 5.44. The SMILES string of the molecule is CNC(C)CC(C)(C)Cc1c(Cl)cccc1Cl. The van der Waals surface area contributed by atoms with Gasteiger partial charge in [0.1, 0.15) is 0 Å². The standard InChI is InChI=1S/C14H21Cl2N/c1-10(17-4)8-14(2,3)9-11-12(15)6-5-7-13(11)16/h5-7,10,17H,8-9H2,1-4H3. The van der Waals surface area contributed by atoms with Gasteiger partial charge in [-0.3, -0.25) is 0 Å². The molecule has 1 unspecified atom stereocenters. The van der Waals surface area contributed by atoms with E-state index in [2.05, 4.69) is 26.1 Å². The number of benzene rings is 1. The summed E-state index contributed by atoms with van der Waals surface area (Å²) in [6, 6.07) is 6.18. The molecule has 0 bridgehead atoms. The van der Waals surface area contributed by atoms with Crippen molar-refractivity contribution >= 4 is 23.2 Å². The van der Waals surface area contributed by atoms with Crippen molar-refractivity contribution in [1.82, 2.24) is 5.32 Å². The lowest BCUT2D eigenvalue weighted by molar-refractivity contribution is 0.293. The maximum absolute atomic E-state index is 6.21. The van der Waals surface area contributed by atoms with Crippen molar-refractivity contribution in [2.45, 2.75) is 39.7 Å². The molecule has 0 heterocycles. The fourth-order valence-electron chi connectivity index (χ4n) is 2.18. The molecular weight excluding hydrogens is 253 g/mol. The second-order valence-corrected chi connectivity index (χ2v) is 6.25. The Morgan fingerprint density at radius 2 is 1.76 bits per heavy atom. The normalized spacial score (nSPS) is 13.8. The lowest BCUT2D eigenvalue weighted by Gasteiger charge is -2.28. The first-order valence-corrected chi connectivity index (χ1v) is 6.71. The van der Waals surface area contributed by atoms with Gasteiger partial charge in [-0.1, -0.05) is 43.1 Å². The number of nitrogens with one attached hydrogen (secondary N) is 1. The lowest BCUT2D eigenvalue weighted by atomic mass is 9.80. The summed E-state index contributed by atoms with van der Waals surface area (Å²) in [7, 11) is 1.99. The minimum atomic E-state index is 0.178. The van der Waals surface area contributed by atoms with Crippen molar-refractivity contribution in [3.05, 3.63) is 33.8 Å². The van der Waals surface area contributed by atoms with Crippen molar-refractivity contribution in [2.75, 3.05) is 7.05 Å². The molecule has 1 rings (SSSR count). The summed E-state index contributed by atoms with van der Waals surface area (Å²) in [4.78, 5) is 0. The van der Waals surface area contributed by atoms with Gasteiger partial charge in [-0.2, -0.15) is 0 Å². The highest BCUT2D eigenvalue weighted by Crippen LogP contribution is 2.34. The van der Waals surface area contributed by atoms with Crippen LogP contribution in [0.15, 0.2) is 18.2 Å². The Hall–Kier alpha value is -0.240. The Kier molecular flexibility index (Phi) is 5.30.